The normalized spacial score (nSPS) is 18.2. The van der Waals surface area contributed by atoms with Gasteiger partial charge in [-0.15, -0.1) is 0 Å². The van der Waals surface area contributed by atoms with Gasteiger partial charge >= 0.3 is 15.6 Å². The van der Waals surface area contributed by atoms with Gasteiger partial charge in [-0.1, -0.05) is 11.6 Å². The van der Waals surface area contributed by atoms with E-state index in [0.29, 0.717) is 16.7 Å². The largest absolute Gasteiger partial charge is 0.534 e. The first-order valence-electron chi connectivity index (χ1n) is 7.37. The Kier molecular flexibility index (Phi) is 4.48. The third kappa shape index (κ3) is 2.95. The first kappa shape index (κ1) is 19.0. The number of hydrogen-bond acceptors (Lipinski definition) is 6. The van der Waals surface area contributed by atoms with Crippen LogP contribution in [0, 0.1) is 0 Å². The molecule has 11 heteroatoms. The predicted octanol–water partition coefficient (Wildman–Crippen LogP) is 3.63. The van der Waals surface area contributed by atoms with E-state index in [1.165, 1.54) is 13.2 Å². The van der Waals surface area contributed by atoms with E-state index in [9.17, 15) is 21.6 Å². The molecule has 1 atom stereocenters. The molecule has 142 valence electrons. The van der Waals surface area contributed by atoms with Crippen LogP contribution >= 0.6 is 11.6 Å². The number of ether oxygens (including phenoxy) is 1. The van der Waals surface area contributed by atoms with Crippen molar-refractivity contribution in [1.82, 2.24) is 9.88 Å². The van der Waals surface area contributed by atoms with Gasteiger partial charge in [0.15, 0.2) is 0 Å². The molecule has 1 aliphatic rings. The minimum absolute atomic E-state index is 0.188. The Hall–Kier alpha value is -1.78. The quantitative estimate of drug-likeness (QED) is 0.568. The smallest absolute Gasteiger partial charge is 0.495 e. The number of methoxy groups -OCH3 is 1. The van der Waals surface area contributed by atoms with Gasteiger partial charge in [0.2, 0.25) is 5.88 Å². The Labute approximate surface area is 152 Å². The number of hydrogen-bond donors (Lipinski definition) is 0. The van der Waals surface area contributed by atoms with Crippen LogP contribution in [0.2, 0.25) is 5.02 Å². The van der Waals surface area contributed by atoms with Crippen LogP contribution in [0.15, 0.2) is 12.1 Å². The van der Waals surface area contributed by atoms with Crippen LogP contribution in [0.25, 0.3) is 10.9 Å². The molecule has 0 amide bonds. The molecule has 26 heavy (non-hydrogen) atoms. The highest BCUT2D eigenvalue weighted by Gasteiger charge is 2.49. The second-order valence-corrected chi connectivity index (χ2v) is 7.83. The molecular weight excluding hydrogens is 397 g/mol. The molecule has 2 aromatic rings. The lowest BCUT2D eigenvalue weighted by atomic mass is 10.0. The number of halogens is 4. The van der Waals surface area contributed by atoms with E-state index < -0.39 is 21.5 Å². The lowest BCUT2D eigenvalue weighted by Crippen LogP contribution is -2.28. The molecular formula is C15H14ClF3N2O4S. The van der Waals surface area contributed by atoms with Crippen LogP contribution in [0.4, 0.5) is 13.2 Å². The maximum Gasteiger partial charge on any atom is 0.534 e. The molecule has 0 unspecified atom stereocenters. The summed E-state index contributed by atoms with van der Waals surface area (Å²) in [7, 11) is -2.65. The van der Waals surface area contributed by atoms with Gasteiger partial charge in [-0.05, 0) is 31.7 Å². The Morgan fingerprint density at radius 1 is 1.35 bits per heavy atom. The molecule has 1 aromatic carbocycles. The van der Waals surface area contributed by atoms with Crippen LogP contribution in [0.1, 0.15) is 24.1 Å². The summed E-state index contributed by atoms with van der Waals surface area (Å²) >= 11 is 6.06. The Bertz CT molecular complexity index is 995. The highest BCUT2D eigenvalue weighted by atomic mass is 35.5. The first-order valence-corrected chi connectivity index (χ1v) is 9.16. The average Bonchev–Trinajstić information content (AvgIpc) is 2.82. The Morgan fingerprint density at radius 3 is 2.58 bits per heavy atom. The molecule has 0 spiro atoms. The molecule has 1 aliphatic heterocycles. The van der Waals surface area contributed by atoms with Gasteiger partial charge < -0.3 is 8.92 Å². The molecule has 1 aromatic heterocycles. The summed E-state index contributed by atoms with van der Waals surface area (Å²) in [6, 6.07) is 2.83. The molecule has 0 aliphatic carbocycles. The molecule has 2 heterocycles. The van der Waals surface area contributed by atoms with Crippen molar-refractivity contribution in [3.63, 3.8) is 0 Å². The minimum atomic E-state index is -5.84. The van der Waals surface area contributed by atoms with E-state index in [2.05, 4.69) is 9.17 Å². The second-order valence-electron chi connectivity index (χ2n) is 5.89. The lowest BCUT2D eigenvalue weighted by molar-refractivity contribution is -0.0501. The van der Waals surface area contributed by atoms with E-state index in [0.717, 1.165) is 0 Å². The predicted molar refractivity (Wildman–Crippen MR) is 88.8 cm³/mol. The monoisotopic (exact) mass is 410 g/mol. The molecule has 6 nitrogen and oxygen atoms in total. The van der Waals surface area contributed by atoms with Crippen LogP contribution in [-0.2, 0) is 16.7 Å². The molecule has 0 N–H and O–H groups in total. The van der Waals surface area contributed by atoms with Gasteiger partial charge in [0.25, 0.3) is 0 Å². The topological polar surface area (TPSA) is 68.7 Å². The van der Waals surface area contributed by atoms with Gasteiger partial charge in [-0.2, -0.15) is 21.6 Å². The number of benzene rings is 1. The Balaban J connectivity index is 2.28. The zero-order valence-electron chi connectivity index (χ0n) is 13.9. The number of nitrogens with zero attached hydrogens (tertiary/aromatic N) is 2. The zero-order valence-corrected chi connectivity index (χ0v) is 15.5. The number of fused-ring (bicyclic) bond motifs is 3. The van der Waals surface area contributed by atoms with E-state index in [-0.39, 0.29) is 28.7 Å². The summed E-state index contributed by atoms with van der Waals surface area (Å²) in [4.78, 5) is 5.82. The maximum absolute atomic E-state index is 12.7. The summed E-state index contributed by atoms with van der Waals surface area (Å²) in [6.07, 6.45) is 0. The number of alkyl halides is 3. The fourth-order valence-electron chi connectivity index (χ4n) is 2.92. The highest BCUT2D eigenvalue weighted by Crippen LogP contribution is 2.44. The van der Waals surface area contributed by atoms with E-state index in [1.807, 2.05) is 11.8 Å². The molecule has 0 radical (unpaired) electrons. The van der Waals surface area contributed by atoms with Gasteiger partial charge in [0, 0.05) is 23.5 Å². The first-order chi connectivity index (χ1) is 12.0. The van der Waals surface area contributed by atoms with Crippen molar-refractivity contribution in [2.75, 3.05) is 14.2 Å². The molecule has 0 fully saturated rings. The van der Waals surface area contributed by atoms with Crippen LogP contribution < -0.4 is 8.92 Å². The minimum Gasteiger partial charge on any atom is -0.495 e. The fraction of sp³-hybridized carbons (Fsp3) is 0.400. The van der Waals surface area contributed by atoms with Crippen LogP contribution in [0.5, 0.6) is 11.6 Å². The van der Waals surface area contributed by atoms with Crippen LogP contribution in [0.3, 0.4) is 0 Å². The maximum atomic E-state index is 12.7. The summed E-state index contributed by atoms with van der Waals surface area (Å²) in [5.41, 5.74) is -4.43. The van der Waals surface area contributed by atoms with Gasteiger partial charge in [0.05, 0.1) is 17.6 Å². The van der Waals surface area contributed by atoms with E-state index >= 15 is 0 Å². The molecule has 0 saturated heterocycles. The molecule has 0 bridgehead atoms. The number of aromatic nitrogens is 1. The zero-order chi connectivity index (χ0) is 19.4. The average molecular weight is 411 g/mol. The highest BCUT2D eigenvalue weighted by molar-refractivity contribution is 7.87. The van der Waals surface area contributed by atoms with Crippen molar-refractivity contribution >= 4 is 32.6 Å². The van der Waals surface area contributed by atoms with Gasteiger partial charge in [-0.3, -0.25) is 4.90 Å². The SMILES string of the molecule is COc1cc2c3c(c(OS(=O)(=O)C(F)(F)F)nc2cc1Cl)CN(C)[C@H]3C. The van der Waals surface area contributed by atoms with Crippen LogP contribution in [-0.4, -0.2) is 38.0 Å². The molecule has 0 saturated carbocycles. The summed E-state index contributed by atoms with van der Waals surface area (Å²) in [5.74, 6) is -0.219. The van der Waals surface area contributed by atoms with Crippen molar-refractivity contribution in [2.45, 2.75) is 25.0 Å². The number of rotatable bonds is 3. The third-order valence-corrected chi connectivity index (χ3v) is 5.56. The van der Waals surface area contributed by atoms with E-state index in [1.54, 1.807) is 13.1 Å². The number of pyridine rings is 1. The Morgan fingerprint density at radius 2 is 2.00 bits per heavy atom. The van der Waals surface area contributed by atoms with Crippen molar-refractivity contribution in [1.29, 1.82) is 0 Å². The summed E-state index contributed by atoms with van der Waals surface area (Å²) in [5, 5.41) is 0.797. The van der Waals surface area contributed by atoms with Crippen molar-refractivity contribution in [3.05, 3.63) is 28.3 Å². The fourth-order valence-corrected chi connectivity index (χ4v) is 3.59. The van der Waals surface area contributed by atoms with Crippen molar-refractivity contribution < 1.29 is 30.5 Å². The summed E-state index contributed by atoms with van der Waals surface area (Å²) < 4.78 is 70.5. The third-order valence-electron chi connectivity index (χ3n) is 4.32. The molecule has 3 rings (SSSR count). The van der Waals surface area contributed by atoms with E-state index in [4.69, 9.17) is 16.3 Å². The standard InChI is InChI=1S/C15H14ClF3N2O4S/c1-7-13-8-4-12(24-3)10(16)5-11(8)20-14(9(13)6-21(7)2)25-26(22,23)15(17,18)19/h4-5,7H,6H2,1-3H3/t7-/m0/s1. The second kappa shape index (κ2) is 6.14. The van der Waals surface area contributed by atoms with Gasteiger partial charge in [-0.25, -0.2) is 4.98 Å². The summed E-state index contributed by atoms with van der Waals surface area (Å²) in [6.45, 7) is 2.03. The van der Waals surface area contributed by atoms with Crippen molar-refractivity contribution in [3.8, 4) is 11.6 Å². The van der Waals surface area contributed by atoms with Gasteiger partial charge in [0.1, 0.15) is 5.75 Å². The lowest BCUT2D eigenvalue weighted by Gasteiger charge is -2.17. The van der Waals surface area contributed by atoms with Crippen molar-refractivity contribution in [2.24, 2.45) is 0 Å².